The largest absolute Gasteiger partial charge is 0.345 e. The van der Waals surface area contributed by atoms with E-state index in [0.717, 1.165) is 31.6 Å². The SMILES string of the molecule is CN(CCc1noc(C2CC2)n1)C(=O)CC1Cc2ccccc2C1. The molecular weight excluding hydrogens is 302 g/mol. The molecule has 0 spiro atoms. The lowest BCUT2D eigenvalue weighted by Crippen LogP contribution is -2.30. The number of rotatable bonds is 6. The first kappa shape index (κ1) is 15.4. The average Bonchev–Trinajstić information content (AvgIpc) is 3.18. The van der Waals surface area contributed by atoms with E-state index >= 15 is 0 Å². The first-order valence-corrected chi connectivity index (χ1v) is 8.82. The minimum Gasteiger partial charge on any atom is -0.345 e. The predicted octanol–water partition coefficient (Wildman–Crippen LogP) is 2.75. The van der Waals surface area contributed by atoms with Crippen molar-refractivity contribution in [3.05, 3.63) is 47.1 Å². The third-order valence-corrected chi connectivity index (χ3v) is 5.11. The molecule has 0 N–H and O–H groups in total. The molecule has 1 fully saturated rings. The Morgan fingerprint density at radius 3 is 2.62 bits per heavy atom. The third-order valence-electron chi connectivity index (χ3n) is 5.11. The second-order valence-corrected chi connectivity index (χ2v) is 7.14. The summed E-state index contributed by atoms with van der Waals surface area (Å²) < 4.78 is 5.26. The molecule has 5 heteroatoms. The molecule has 1 aromatic heterocycles. The molecule has 1 saturated carbocycles. The van der Waals surface area contributed by atoms with Crippen molar-refractivity contribution in [3.63, 3.8) is 0 Å². The van der Waals surface area contributed by atoms with Gasteiger partial charge in [0.15, 0.2) is 5.82 Å². The number of nitrogens with zero attached hydrogens (tertiary/aromatic N) is 3. The lowest BCUT2D eigenvalue weighted by Gasteiger charge is -2.18. The summed E-state index contributed by atoms with van der Waals surface area (Å²) in [5, 5.41) is 4.02. The zero-order chi connectivity index (χ0) is 16.5. The van der Waals surface area contributed by atoms with Gasteiger partial charge in [0.1, 0.15) is 0 Å². The van der Waals surface area contributed by atoms with Gasteiger partial charge in [0.05, 0.1) is 0 Å². The van der Waals surface area contributed by atoms with Gasteiger partial charge in [-0.15, -0.1) is 0 Å². The highest BCUT2D eigenvalue weighted by Gasteiger charge is 2.29. The summed E-state index contributed by atoms with van der Waals surface area (Å²) in [6.45, 7) is 0.641. The van der Waals surface area contributed by atoms with Crippen LogP contribution in [0.4, 0.5) is 0 Å². The molecule has 2 aliphatic carbocycles. The van der Waals surface area contributed by atoms with Gasteiger partial charge < -0.3 is 9.42 Å². The van der Waals surface area contributed by atoms with Crippen LogP contribution < -0.4 is 0 Å². The number of hydrogen-bond acceptors (Lipinski definition) is 4. The summed E-state index contributed by atoms with van der Waals surface area (Å²) in [4.78, 5) is 18.7. The summed E-state index contributed by atoms with van der Waals surface area (Å²) >= 11 is 0. The summed E-state index contributed by atoms with van der Waals surface area (Å²) in [6.07, 6.45) is 5.62. The van der Waals surface area contributed by atoms with Crippen LogP contribution in [0, 0.1) is 5.92 Å². The monoisotopic (exact) mass is 325 g/mol. The second kappa shape index (κ2) is 6.38. The van der Waals surface area contributed by atoms with Crippen LogP contribution in [-0.2, 0) is 24.1 Å². The Morgan fingerprint density at radius 2 is 1.96 bits per heavy atom. The van der Waals surface area contributed by atoms with Gasteiger partial charge in [0.25, 0.3) is 0 Å². The Bertz CT molecular complexity index is 711. The molecule has 0 atom stereocenters. The number of hydrogen-bond donors (Lipinski definition) is 0. The van der Waals surface area contributed by atoms with Gasteiger partial charge in [-0.3, -0.25) is 4.79 Å². The van der Waals surface area contributed by atoms with Gasteiger partial charge in [-0.1, -0.05) is 29.4 Å². The van der Waals surface area contributed by atoms with E-state index in [9.17, 15) is 4.79 Å². The minimum absolute atomic E-state index is 0.207. The van der Waals surface area contributed by atoms with Crippen molar-refractivity contribution in [1.29, 1.82) is 0 Å². The molecule has 0 unspecified atom stereocenters. The fraction of sp³-hybridized carbons (Fsp3) is 0.526. The number of carbonyl (C=O) groups is 1. The summed E-state index contributed by atoms with van der Waals surface area (Å²) in [5.74, 6) is 2.60. The number of aromatic nitrogens is 2. The van der Waals surface area contributed by atoms with Crippen LogP contribution in [0.15, 0.2) is 28.8 Å². The smallest absolute Gasteiger partial charge is 0.229 e. The fourth-order valence-corrected chi connectivity index (χ4v) is 3.45. The Morgan fingerprint density at radius 1 is 1.25 bits per heavy atom. The van der Waals surface area contributed by atoms with E-state index in [1.807, 2.05) is 7.05 Å². The summed E-state index contributed by atoms with van der Waals surface area (Å²) in [7, 11) is 1.87. The van der Waals surface area contributed by atoms with E-state index in [-0.39, 0.29) is 5.91 Å². The quantitative estimate of drug-likeness (QED) is 0.819. The third kappa shape index (κ3) is 3.35. The van der Waals surface area contributed by atoms with E-state index in [1.54, 1.807) is 4.90 Å². The maximum absolute atomic E-state index is 12.5. The predicted molar refractivity (Wildman–Crippen MR) is 89.6 cm³/mol. The van der Waals surface area contributed by atoms with Crippen molar-refractivity contribution in [1.82, 2.24) is 15.0 Å². The van der Waals surface area contributed by atoms with Crippen molar-refractivity contribution in [2.75, 3.05) is 13.6 Å². The van der Waals surface area contributed by atoms with Crippen molar-refractivity contribution in [2.45, 2.75) is 44.4 Å². The van der Waals surface area contributed by atoms with Gasteiger partial charge in [-0.2, -0.15) is 4.98 Å². The average molecular weight is 325 g/mol. The molecule has 0 radical (unpaired) electrons. The lowest BCUT2D eigenvalue weighted by atomic mass is 10.0. The number of amides is 1. The van der Waals surface area contributed by atoms with Crippen LogP contribution in [-0.4, -0.2) is 34.5 Å². The second-order valence-electron chi connectivity index (χ2n) is 7.14. The molecule has 2 aromatic rings. The zero-order valence-electron chi connectivity index (χ0n) is 14.1. The number of likely N-dealkylation sites (N-methyl/N-ethyl adjacent to an activating group) is 1. The highest BCUT2D eigenvalue weighted by molar-refractivity contribution is 5.76. The topological polar surface area (TPSA) is 59.2 Å². The molecule has 0 aliphatic heterocycles. The zero-order valence-corrected chi connectivity index (χ0v) is 14.1. The Balaban J connectivity index is 1.25. The molecular formula is C19H23N3O2. The first-order valence-electron chi connectivity index (χ1n) is 8.82. The maximum atomic E-state index is 12.5. The van der Waals surface area contributed by atoms with Crippen LogP contribution in [0.2, 0.25) is 0 Å². The van der Waals surface area contributed by atoms with Crippen LogP contribution in [0.5, 0.6) is 0 Å². The molecule has 126 valence electrons. The Kier molecular flexibility index (Phi) is 4.08. The normalized spacial score (nSPS) is 17.0. The van der Waals surface area contributed by atoms with Crippen LogP contribution >= 0.6 is 0 Å². The summed E-state index contributed by atoms with van der Waals surface area (Å²) in [5.41, 5.74) is 2.80. The fourth-order valence-electron chi connectivity index (χ4n) is 3.45. The standard InChI is InChI=1S/C19H23N3O2/c1-22(9-8-17-20-19(24-21-17)14-6-7-14)18(23)12-13-10-15-4-2-3-5-16(15)11-13/h2-5,13-14H,6-12H2,1H3. The Hall–Kier alpha value is -2.17. The highest BCUT2D eigenvalue weighted by Crippen LogP contribution is 2.38. The van der Waals surface area contributed by atoms with Crippen LogP contribution in [0.3, 0.4) is 0 Å². The Labute approximate surface area is 142 Å². The molecule has 1 heterocycles. The van der Waals surface area contributed by atoms with E-state index in [4.69, 9.17) is 4.52 Å². The highest BCUT2D eigenvalue weighted by atomic mass is 16.5. The number of benzene rings is 1. The number of carbonyl (C=O) groups excluding carboxylic acids is 1. The first-order chi connectivity index (χ1) is 11.7. The van der Waals surface area contributed by atoms with E-state index < -0.39 is 0 Å². The van der Waals surface area contributed by atoms with Gasteiger partial charge in [0, 0.05) is 32.4 Å². The van der Waals surface area contributed by atoms with E-state index in [0.29, 0.717) is 37.0 Å². The molecule has 1 aromatic carbocycles. The van der Waals surface area contributed by atoms with Crippen LogP contribution in [0.25, 0.3) is 0 Å². The molecule has 0 saturated heterocycles. The molecule has 1 amide bonds. The molecule has 24 heavy (non-hydrogen) atoms. The van der Waals surface area contributed by atoms with Crippen molar-refractivity contribution in [3.8, 4) is 0 Å². The van der Waals surface area contributed by atoms with Gasteiger partial charge in [-0.25, -0.2) is 0 Å². The molecule has 4 rings (SSSR count). The minimum atomic E-state index is 0.207. The van der Waals surface area contributed by atoms with E-state index in [1.165, 1.54) is 11.1 Å². The van der Waals surface area contributed by atoms with Crippen LogP contribution in [0.1, 0.15) is 48.0 Å². The van der Waals surface area contributed by atoms with Crippen molar-refractivity contribution < 1.29 is 9.32 Å². The summed E-state index contributed by atoms with van der Waals surface area (Å²) in [6, 6.07) is 8.51. The molecule has 5 nitrogen and oxygen atoms in total. The number of fused-ring (bicyclic) bond motifs is 1. The van der Waals surface area contributed by atoms with E-state index in [2.05, 4.69) is 34.4 Å². The maximum Gasteiger partial charge on any atom is 0.229 e. The van der Waals surface area contributed by atoms with Gasteiger partial charge >= 0.3 is 0 Å². The lowest BCUT2D eigenvalue weighted by molar-refractivity contribution is -0.130. The van der Waals surface area contributed by atoms with Crippen molar-refractivity contribution >= 4 is 5.91 Å². The van der Waals surface area contributed by atoms with Crippen molar-refractivity contribution in [2.24, 2.45) is 5.92 Å². The van der Waals surface area contributed by atoms with Gasteiger partial charge in [-0.05, 0) is 42.7 Å². The molecule has 0 bridgehead atoms. The molecule has 2 aliphatic rings. The van der Waals surface area contributed by atoms with Gasteiger partial charge in [0.2, 0.25) is 11.8 Å².